The molecule has 0 saturated carbocycles. The first kappa shape index (κ1) is 21.5. The van der Waals surface area contributed by atoms with Gasteiger partial charge in [0.25, 0.3) is 0 Å². The van der Waals surface area contributed by atoms with Crippen LogP contribution in [-0.4, -0.2) is 51.5 Å². The summed E-state index contributed by atoms with van der Waals surface area (Å²) in [4.78, 5) is 11.7. The molecule has 2 unspecified atom stereocenters. The SMILES string of the molecule is COc1cc(OC)cc(C(O)CNC(=O)CC(CN)OC)c1.Cl. The Hall–Kier alpha value is -1.54. The van der Waals surface area contributed by atoms with Gasteiger partial charge in [0.15, 0.2) is 0 Å². The van der Waals surface area contributed by atoms with Crippen molar-refractivity contribution in [3.63, 3.8) is 0 Å². The number of rotatable bonds is 9. The number of nitrogens with two attached hydrogens (primary N) is 1. The topological polar surface area (TPSA) is 103 Å². The molecule has 132 valence electrons. The van der Waals surface area contributed by atoms with Crippen molar-refractivity contribution in [1.82, 2.24) is 5.32 Å². The molecule has 0 aliphatic heterocycles. The molecule has 1 aromatic carbocycles. The predicted octanol–water partition coefficient (Wildman–Crippen LogP) is 0.639. The first-order valence-electron chi connectivity index (χ1n) is 6.94. The Morgan fingerprint density at radius 3 is 2.22 bits per heavy atom. The molecule has 4 N–H and O–H groups in total. The Morgan fingerprint density at radius 2 is 1.78 bits per heavy atom. The van der Waals surface area contributed by atoms with Gasteiger partial charge in [0.05, 0.1) is 32.8 Å². The summed E-state index contributed by atoms with van der Waals surface area (Å²) in [6.07, 6.45) is -1.04. The summed E-state index contributed by atoms with van der Waals surface area (Å²) in [6.45, 7) is 0.343. The molecule has 1 amide bonds. The third-order valence-corrected chi connectivity index (χ3v) is 3.26. The number of benzene rings is 1. The average molecular weight is 349 g/mol. The molecule has 2 atom stereocenters. The Labute approximate surface area is 142 Å². The monoisotopic (exact) mass is 348 g/mol. The normalized spacial score (nSPS) is 12.7. The lowest BCUT2D eigenvalue weighted by atomic mass is 10.1. The molecular formula is C15H25ClN2O5. The zero-order chi connectivity index (χ0) is 16.5. The Balaban J connectivity index is 0.00000484. The molecular weight excluding hydrogens is 324 g/mol. The minimum Gasteiger partial charge on any atom is -0.497 e. The maximum Gasteiger partial charge on any atom is 0.222 e. The van der Waals surface area contributed by atoms with E-state index in [1.807, 2.05) is 0 Å². The number of ether oxygens (including phenoxy) is 3. The number of halogens is 1. The van der Waals surface area contributed by atoms with Crippen molar-refractivity contribution in [2.75, 3.05) is 34.4 Å². The molecule has 0 aliphatic rings. The van der Waals surface area contributed by atoms with Crippen LogP contribution in [0.5, 0.6) is 11.5 Å². The molecule has 7 nitrogen and oxygen atoms in total. The van der Waals surface area contributed by atoms with Gasteiger partial charge in [-0.05, 0) is 17.7 Å². The highest BCUT2D eigenvalue weighted by Crippen LogP contribution is 2.26. The largest absolute Gasteiger partial charge is 0.497 e. The van der Waals surface area contributed by atoms with Crippen LogP contribution < -0.4 is 20.5 Å². The Bertz CT molecular complexity index is 461. The summed E-state index contributed by atoms with van der Waals surface area (Å²) < 4.78 is 15.3. The molecule has 0 fully saturated rings. The standard InChI is InChI=1S/C15H24N2O5.ClH/c1-20-11-4-10(5-12(6-11)21-2)14(18)9-17-15(19)7-13(8-16)22-3;/h4-6,13-14,18H,7-9,16H2,1-3H3,(H,17,19);1H. The van der Waals surface area contributed by atoms with Gasteiger partial charge in [-0.25, -0.2) is 0 Å². The van der Waals surface area contributed by atoms with E-state index in [0.717, 1.165) is 0 Å². The van der Waals surface area contributed by atoms with Gasteiger partial charge in [0.1, 0.15) is 11.5 Å². The van der Waals surface area contributed by atoms with Crippen LogP contribution in [0.25, 0.3) is 0 Å². The fourth-order valence-corrected chi connectivity index (χ4v) is 1.89. The summed E-state index contributed by atoms with van der Waals surface area (Å²) in [6, 6.07) is 5.09. The van der Waals surface area contributed by atoms with Crippen LogP contribution in [0.15, 0.2) is 18.2 Å². The van der Waals surface area contributed by atoms with Gasteiger partial charge in [0, 0.05) is 26.3 Å². The van der Waals surface area contributed by atoms with Gasteiger partial charge < -0.3 is 30.4 Å². The summed E-state index contributed by atoms with van der Waals surface area (Å²) in [5.41, 5.74) is 6.06. The number of aliphatic hydroxyl groups is 1. The lowest BCUT2D eigenvalue weighted by Gasteiger charge is -2.16. The molecule has 0 aliphatic carbocycles. The first-order chi connectivity index (χ1) is 10.5. The number of hydrogen-bond acceptors (Lipinski definition) is 6. The van der Waals surface area contributed by atoms with Crippen LogP contribution >= 0.6 is 12.4 Å². The van der Waals surface area contributed by atoms with Crippen molar-refractivity contribution in [2.24, 2.45) is 5.73 Å². The highest BCUT2D eigenvalue weighted by Gasteiger charge is 2.15. The Kier molecular flexibility index (Phi) is 10.3. The van der Waals surface area contributed by atoms with E-state index in [9.17, 15) is 9.90 Å². The lowest BCUT2D eigenvalue weighted by Crippen LogP contribution is -2.34. The third-order valence-electron chi connectivity index (χ3n) is 3.26. The second kappa shape index (κ2) is 11.1. The minimum absolute atomic E-state index is 0. The molecule has 23 heavy (non-hydrogen) atoms. The fourth-order valence-electron chi connectivity index (χ4n) is 1.89. The maximum atomic E-state index is 11.7. The number of aliphatic hydroxyl groups excluding tert-OH is 1. The smallest absolute Gasteiger partial charge is 0.222 e. The van der Waals surface area contributed by atoms with Crippen molar-refractivity contribution in [2.45, 2.75) is 18.6 Å². The number of nitrogens with one attached hydrogen (secondary N) is 1. The first-order valence-corrected chi connectivity index (χ1v) is 6.94. The number of methoxy groups -OCH3 is 3. The number of hydrogen-bond donors (Lipinski definition) is 3. The zero-order valence-corrected chi connectivity index (χ0v) is 14.4. The molecule has 0 spiro atoms. The summed E-state index contributed by atoms with van der Waals surface area (Å²) in [5, 5.41) is 12.8. The molecule has 0 saturated heterocycles. The van der Waals surface area contributed by atoms with Crippen molar-refractivity contribution in [3.05, 3.63) is 23.8 Å². The van der Waals surface area contributed by atoms with Gasteiger partial charge in [-0.3, -0.25) is 4.79 Å². The molecule has 0 radical (unpaired) electrons. The molecule has 1 rings (SSSR count). The van der Waals surface area contributed by atoms with Crippen LogP contribution in [0.3, 0.4) is 0 Å². The van der Waals surface area contributed by atoms with Gasteiger partial charge in [-0.15, -0.1) is 12.4 Å². The molecule has 0 heterocycles. The van der Waals surface area contributed by atoms with E-state index in [-0.39, 0.29) is 43.9 Å². The van der Waals surface area contributed by atoms with Gasteiger partial charge in [-0.1, -0.05) is 0 Å². The number of carbonyl (C=O) groups is 1. The number of carbonyl (C=O) groups excluding carboxylic acids is 1. The van der Waals surface area contributed by atoms with Gasteiger partial charge in [0.2, 0.25) is 5.91 Å². The molecule has 1 aromatic rings. The van der Waals surface area contributed by atoms with Crippen LogP contribution in [0, 0.1) is 0 Å². The van der Waals surface area contributed by atoms with Crippen LogP contribution in [0.1, 0.15) is 18.1 Å². The second-order valence-corrected chi connectivity index (χ2v) is 4.76. The highest BCUT2D eigenvalue weighted by atomic mass is 35.5. The second-order valence-electron chi connectivity index (χ2n) is 4.76. The van der Waals surface area contributed by atoms with Crippen molar-refractivity contribution in [3.8, 4) is 11.5 Å². The molecule has 0 aromatic heterocycles. The zero-order valence-electron chi connectivity index (χ0n) is 13.6. The quantitative estimate of drug-likeness (QED) is 0.605. The van der Waals surface area contributed by atoms with Crippen molar-refractivity contribution in [1.29, 1.82) is 0 Å². The van der Waals surface area contributed by atoms with E-state index < -0.39 is 6.10 Å². The van der Waals surface area contributed by atoms with E-state index in [0.29, 0.717) is 17.1 Å². The molecule has 8 heteroatoms. The van der Waals surface area contributed by atoms with Crippen molar-refractivity contribution >= 4 is 18.3 Å². The van der Waals surface area contributed by atoms with E-state index in [1.54, 1.807) is 18.2 Å². The highest BCUT2D eigenvalue weighted by molar-refractivity contribution is 5.85. The molecule has 0 bridgehead atoms. The number of amides is 1. The van der Waals surface area contributed by atoms with Gasteiger partial charge >= 0.3 is 0 Å². The van der Waals surface area contributed by atoms with E-state index >= 15 is 0 Å². The van der Waals surface area contributed by atoms with Crippen LogP contribution in [0.2, 0.25) is 0 Å². The van der Waals surface area contributed by atoms with E-state index in [2.05, 4.69) is 5.32 Å². The van der Waals surface area contributed by atoms with Gasteiger partial charge in [-0.2, -0.15) is 0 Å². The lowest BCUT2D eigenvalue weighted by molar-refractivity contribution is -0.123. The van der Waals surface area contributed by atoms with Crippen LogP contribution in [0.4, 0.5) is 0 Å². The summed E-state index contributed by atoms with van der Waals surface area (Å²) in [7, 11) is 4.57. The minimum atomic E-state index is -0.869. The van der Waals surface area contributed by atoms with E-state index in [1.165, 1.54) is 21.3 Å². The third kappa shape index (κ3) is 7.04. The average Bonchev–Trinajstić information content (AvgIpc) is 2.56. The Morgan fingerprint density at radius 1 is 1.22 bits per heavy atom. The van der Waals surface area contributed by atoms with Crippen LogP contribution in [-0.2, 0) is 9.53 Å². The van der Waals surface area contributed by atoms with Crippen molar-refractivity contribution < 1.29 is 24.1 Å². The fraction of sp³-hybridized carbons (Fsp3) is 0.533. The predicted molar refractivity (Wildman–Crippen MR) is 89.2 cm³/mol. The maximum absolute atomic E-state index is 11.7. The van der Waals surface area contributed by atoms with E-state index in [4.69, 9.17) is 19.9 Å². The summed E-state index contributed by atoms with van der Waals surface area (Å²) in [5.74, 6) is 0.913. The summed E-state index contributed by atoms with van der Waals surface area (Å²) >= 11 is 0.